The van der Waals surface area contributed by atoms with Crippen LogP contribution in [-0.4, -0.2) is 20.7 Å². The van der Waals surface area contributed by atoms with Crippen LogP contribution in [0.3, 0.4) is 0 Å². The topological polar surface area (TPSA) is 9.23 Å². The van der Waals surface area contributed by atoms with Gasteiger partial charge in [-0.15, -0.1) is 0 Å². The van der Waals surface area contributed by atoms with Crippen molar-refractivity contribution in [2.24, 2.45) is 5.92 Å². The number of hydrogen-bond acceptors (Lipinski definition) is 1. The summed E-state index contributed by atoms with van der Waals surface area (Å²) in [5.41, 5.74) is 0. The Bertz CT molecular complexity index is 812. The van der Waals surface area contributed by atoms with Crippen LogP contribution in [0.2, 0.25) is 19.6 Å². The summed E-state index contributed by atoms with van der Waals surface area (Å²) in [6.07, 6.45) is 0. The molecule has 28 heavy (non-hydrogen) atoms. The highest BCUT2D eigenvalue weighted by Gasteiger charge is 2.26. The van der Waals surface area contributed by atoms with E-state index in [1.807, 2.05) is 0 Å². The molecule has 0 aromatic heterocycles. The SMILES string of the molecule is C[C@H](C=P(c1ccccc1)(c1ccccc1)c1ccccc1)CO[Si](C)(C)C. The van der Waals surface area contributed by atoms with E-state index < -0.39 is 15.2 Å². The van der Waals surface area contributed by atoms with Crippen molar-refractivity contribution in [1.82, 2.24) is 0 Å². The van der Waals surface area contributed by atoms with Gasteiger partial charge in [0.2, 0.25) is 0 Å². The smallest absolute Gasteiger partial charge is 0.183 e. The molecule has 0 N–H and O–H groups in total. The van der Waals surface area contributed by atoms with Crippen molar-refractivity contribution in [1.29, 1.82) is 0 Å². The first-order valence-corrected chi connectivity index (χ1v) is 15.2. The summed E-state index contributed by atoms with van der Waals surface area (Å²) < 4.78 is 6.27. The molecule has 0 amide bonds. The summed E-state index contributed by atoms with van der Waals surface area (Å²) in [6.45, 7) is 7.97. The van der Waals surface area contributed by atoms with Crippen molar-refractivity contribution in [2.75, 3.05) is 6.61 Å². The molecule has 0 spiro atoms. The first-order chi connectivity index (χ1) is 13.4. The van der Waals surface area contributed by atoms with E-state index in [0.29, 0.717) is 5.92 Å². The summed E-state index contributed by atoms with van der Waals surface area (Å²) in [6, 6.07) is 33.0. The van der Waals surface area contributed by atoms with E-state index in [0.717, 1.165) is 6.61 Å². The third kappa shape index (κ3) is 4.94. The van der Waals surface area contributed by atoms with Crippen molar-refractivity contribution in [3.8, 4) is 0 Å². The van der Waals surface area contributed by atoms with Crippen molar-refractivity contribution >= 4 is 36.9 Å². The standard InChI is InChI=1S/C25H31OPSi/c1-22(20-26-28(2,3)4)21-27(23-14-8-5-9-15-23,24-16-10-6-11-17-24)25-18-12-7-13-19-25/h5-19,21-22H,20H2,1-4H3/t22-/m0/s1. The van der Waals surface area contributed by atoms with Crippen molar-refractivity contribution in [3.05, 3.63) is 91.0 Å². The molecule has 0 aliphatic rings. The van der Waals surface area contributed by atoms with E-state index in [1.165, 1.54) is 15.9 Å². The molecule has 3 aromatic carbocycles. The Morgan fingerprint density at radius 3 is 1.39 bits per heavy atom. The molecule has 1 nitrogen and oxygen atoms in total. The van der Waals surface area contributed by atoms with Gasteiger partial charge in [-0.05, 0) is 48.4 Å². The Morgan fingerprint density at radius 1 is 0.714 bits per heavy atom. The van der Waals surface area contributed by atoms with Crippen LogP contribution >= 0.6 is 6.89 Å². The van der Waals surface area contributed by atoms with Crippen LogP contribution in [0, 0.1) is 5.92 Å². The lowest BCUT2D eigenvalue weighted by atomic mass is 10.2. The van der Waals surface area contributed by atoms with E-state index in [-0.39, 0.29) is 0 Å². The molecule has 0 radical (unpaired) electrons. The molecule has 0 saturated carbocycles. The summed E-state index contributed by atoms with van der Waals surface area (Å²) in [5.74, 6) is 2.95. The van der Waals surface area contributed by atoms with Crippen LogP contribution in [0.5, 0.6) is 0 Å². The van der Waals surface area contributed by atoms with Crippen LogP contribution in [-0.2, 0) is 4.43 Å². The maximum absolute atomic E-state index is 6.27. The third-order valence-electron chi connectivity index (χ3n) is 4.75. The van der Waals surface area contributed by atoms with Crippen LogP contribution in [0.15, 0.2) is 91.0 Å². The lowest BCUT2D eigenvalue weighted by Gasteiger charge is -2.31. The Morgan fingerprint density at radius 2 is 1.07 bits per heavy atom. The summed E-state index contributed by atoms with van der Waals surface area (Å²) >= 11 is 0. The second kappa shape index (κ2) is 9.09. The Kier molecular flexibility index (Phi) is 6.77. The predicted octanol–water partition coefficient (Wildman–Crippen LogP) is 5.27. The van der Waals surface area contributed by atoms with Gasteiger partial charge in [0.1, 0.15) is 0 Å². The fourth-order valence-corrected chi connectivity index (χ4v) is 8.45. The molecule has 0 aliphatic carbocycles. The molecular formula is C25H31OPSi. The second-order valence-electron chi connectivity index (χ2n) is 8.28. The minimum atomic E-state index is -1.88. The Hall–Kier alpha value is -1.86. The van der Waals surface area contributed by atoms with Crippen LogP contribution in [0.25, 0.3) is 0 Å². The van der Waals surface area contributed by atoms with Gasteiger partial charge >= 0.3 is 0 Å². The van der Waals surface area contributed by atoms with Crippen LogP contribution in [0.4, 0.5) is 0 Å². The molecule has 0 saturated heterocycles. The summed E-state index contributed by atoms with van der Waals surface area (Å²) in [5, 5.41) is 4.19. The third-order valence-corrected chi connectivity index (χ3v) is 10.1. The highest BCUT2D eigenvalue weighted by atomic mass is 31.2. The van der Waals surface area contributed by atoms with Crippen LogP contribution in [0.1, 0.15) is 6.92 Å². The van der Waals surface area contributed by atoms with Crippen LogP contribution < -0.4 is 15.9 Å². The highest BCUT2D eigenvalue weighted by molar-refractivity contribution is 7.94. The summed E-state index contributed by atoms with van der Waals surface area (Å²) in [4.78, 5) is 0. The maximum Gasteiger partial charge on any atom is 0.183 e. The predicted molar refractivity (Wildman–Crippen MR) is 130 cm³/mol. The van der Waals surface area contributed by atoms with Gasteiger partial charge in [0.25, 0.3) is 0 Å². The quantitative estimate of drug-likeness (QED) is 0.384. The number of hydrogen-bond donors (Lipinski definition) is 0. The fraction of sp³-hybridized carbons (Fsp3) is 0.240. The monoisotopic (exact) mass is 406 g/mol. The van der Waals surface area contributed by atoms with Gasteiger partial charge in [-0.2, -0.15) is 0 Å². The molecule has 0 aliphatic heterocycles. The largest absolute Gasteiger partial charge is 0.417 e. The van der Waals surface area contributed by atoms with Crippen molar-refractivity contribution in [3.63, 3.8) is 0 Å². The highest BCUT2D eigenvalue weighted by Crippen LogP contribution is 2.44. The van der Waals surface area contributed by atoms with E-state index >= 15 is 0 Å². The van der Waals surface area contributed by atoms with E-state index in [4.69, 9.17) is 4.43 Å². The number of rotatable bonds is 7. The average molecular weight is 407 g/mol. The zero-order valence-electron chi connectivity index (χ0n) is 17.4. The van der Waals surface area contributed by atoms with Crippen molar-refractivity contribution < 1.29 is 4.43 Å². The molecule has 0 heterocycles. The van der Waals surface area contributed by atoms with E-state index in [9.17, 15) is 0 Å². The molecule has 146 valence electrons. The molecule has 1 atom stereocenters. The lowest BCUT2D eigenvalue weighted by Crippen LogP contribution is -2.31. The fourth-order valence-electron chi connectivity index (χ4n) is 3.50. The van der Waals surface area contributed by atoms with Gasteiger partial charge in [-0.3, -0.25) is 0 Å². The molecular weight excluding hydrogens is 375 g/mol. The Labute approximate surface area is 171 Å². The van der Waals surface area contributed by atoms with E-state index in [1.54, 1.807) is 0 Å². The zero-order valence-corrected chi connectivity index (χ0v) is 19.3. The molecule has 3 aromatic rings. The molecule has 0 unspecified atom stereocenters. The lowest BCUT2D eigenvalue weighted by molar-refractivity contribution is 0.289. The van der Waals surface area contributed by atoms with Gasteiger partial charge in [-0.25, -0.2) is 0 Å². The summed E-state index contributed by atoms with van der Waals surface area (Å²) in [7, 11) is -1.54. The van der Waals surface area contributed by atoms with Crippen molar-refractivity contribution in [2.45, 2.75) is 26.6 Å². The molecule has 3 rings (SSSR count). The minimum absolute atomic E-state index is 0.362. The first kappa shape index (κ1) is 20.9. The average Bonchev–Trinajstić information content (AvgIpc) is 2.72. The first-order valence-electron chi connectivity index (χ1n) is 9.97. The maximum atomic E-state index is 6.27. The molecule has 3 heteroatoms. The molecule has 0 fully saturated rings. The second-order valence-corrected chi connectivity index (χ2v) is 16.1. The normalized spacial score (nSPS) is 13.1. The van der Waals surface area contributed by atoms with Gasteiger partial charge in [0, 0.05) is 6.61 Å². The van der Waals surface area contributed by atoms with Gasteiger partial charge in [0.15, 0.2) is 8.32 Å². The zero-order chi connectivity index (χ0) is 20.0. The van der Waals surface area contributed by atoms with Gasteiger partial charge in [-0.1, -0.05) is 104 Å². The number of benzene rings is 3. The molecule has 0 bridgehead atoms. The van der Waals surface area contributed by atoms with Gasteiger partial charge in [0.05, 0.1) is 0 Å². The Balaban J connectivity index is 2.24. The van der Waals surface area contributed by atoms with E-state index in [2.05, 4.69) is 123 Å². The minimum Gasteiger partial charge on any atom is -0.417 e. The van der Waals surface area contributed by atoms with Gasteiger partial charge < -0.3 is 4.43 Å².